The predicted octanol–water partition coefficient (Wildman–Crippen LogP) is 4.76. The number of rotatable bonds is 3. The third kappa shape index (κ3) is 3.31. The van der Waals surface area contributed by atoms with Gasteiger partial charge in [0.25, 0.3) is 0 Å². The number of hydrogen-bond donors (Lipinski definition) is 1. The number of hydrogen-bond acceptors (Lipinski definition) is 4. The smallest absolute Gasteiger partial charge is 0.144 e. The molecule has 2 aliphatic rings. The number of nitrogens with two attached hydrogens (primary N) is 1. The highest BCUT2D eigenvalue weighted by Gasteiger charge is 2.29. The Balaban J connectivity index is 1.45. The molecular formula is C26H26N4. The van der Waals surface area contributed by atoms with Crippen molar-refractivity contribution in [2.45, 2.75) is 32.1 Å². The fourth-order valence-electron chi connectivity index (χ4n) is 5.08. The first-order valence-electron chi connectivity index (χ1n) is 10.8. The van der Waals surface area contributed by atoms with Crippen molar-refractivity contribution in [1.29, 1.82) is 5.26 Å². The summed E-state index contributed by atoms with van der Waals surface area (Å²) in [6.07, 6.45) is 5.29. The van der Waals surface area contributed by atoms with Crippen LogP contribution in [0.1, 0.15) is 35.1 Å². The van der Waals surface area contributed by atoms with Crippen LogP contribution < -0.4 is 10.6 Å². The van der Waals surface area contributed by atoms with Gasteiger partial charge in [0.1, 0.15) is 17.5 Å². The minimum atomic E-state index is 0.356. The van der Waals surface area contributed by atoms with Gasteiger partial charge in [-0.1, -0.05) is 54.6 Å². The fraction of sp³-hybridized carbons (Fsp3) is 0.308. The van der Waals surface area contributed by atoms with E-state index in [9.17, 15) is 5.26 Å². The molecule has 1 aliphatic heterocycles. The first-order chi connectivity index (χ1) is 14.7. The summed E-state index contributed by atoms with van der Waals surface area (Å²) in [5.74, 6) is 1.04. The van der Waals surface area contributed by atoms with E-state index < -0.39 is 0 Å². The molecule has 2 N–H and O–H groups in total. The van der Waals surface area contributed by atoms with Crippen LogP contribution >= 0.6 is 0 Å². The number of benzene rings is 2. The maximum Gasteiger partial charge on any atom is 0.144 e. The molecule has 1 saturated heterocycles. The Bertz CT molecular complexity index is 1110. The monoisotopic (exact) mass is 394 g/mol. The van der Waals surface area contributed by atoms with Crippen LogP contribution in [-0.2, 0) is 19.3 Å². The van der Waals surface area contributed by atoms with Crippen LogP contribution in [0.5, 0.6) is 0 Å². The van der Waals surface area contributed by atoms with Gasteiger partial charge in [-0.05, 0) is 49.1 Å². The van der Waals surface area contributed by atoms with E-state index in [-0.39, 0.29) is 0 Å². The van der Waals surface area contributed by atoms with Gasteiger partial charge >= 0.3 is 0 Å². The lowest BCUT2D eigenvalue weighted by molar-refractivity contribution is 0.403. The van der Waals surface area contributed by atoms with Crippen molar-refractivity contribution >= 4 is 11.5 Å². The van der Waals surface area contributed by atoms with E-state index in [4.69, 9.17) is 5.73 Å². The number of nitrogens with zero attached hydrogens (tertiary/aromatic N) is 3. The van der Waals surface area contributed by atoms with E-state index in [0.717, 1.165) is 62.1 Å². The summed E-state index contributed by atoms with van der Waals surface area (Å²) in [6.45, 7) is 1.92. The molecule has 30 heavy (non-hydrogen) atoms. The van der Waals surface area contributed by atoms with Gasteiger partial charge in [-0.15, -0.1) is 0 Å². The van der Waals surface area contributed by atoms with E-state index in [1.54, 1.807) is 0 Å². The van der Waals surface area contributed by atoms with E-state index in [2.05, 4.69) is 70.6 Å². The molecule has 0 unspecified atom stereocenters. The molecule has 0 amide bonds. The van der Waals surface area contributed by atoms with Gasteiger partial charge in [-0.2, -0.15) is 5.26 Å². The molecule has 1 fully saturated rings. The summed E-state index contributed by atoms with van der Waals surface area (Å²) < 4.78 is 0. The molecule has 5 rings (SSSR count). The van der Waals surface area contributed by atoms with Crippen molar-refractivity contribution in [2.24, 2.45) is 5.92 Å². The Morgan fingerprint density at radius 3 is 2.50 bits per heavy atom. The molecule has 2 heterocycles. The SMILES string of the molecule is N#Cc1c(N)nc2c(c1N1CCC(Cc3ccccc3)CC1)CCc1ccccc1-2. The van der Waals surface area contributed by atoms with Gasteiger partial charge < -0.3 is 10.6 Å². The lowest BCUT2D eigenvalue weighted by atomic mass is 9.85. The lowest BCUT2D eigenvalue weighted by Gasteiger charge is -2.37. The second-order valence-electron chi connectivity index (χ2n) is 8.44. The number of aromatic nitrogens is 1. The number of anilines is 2. The molecular weight excluding hydrogens is 368 g/mol. The first kappa shape index (κ1) is 18.7. The fourth-order valence-corrected chi connectivity index (χ4v) is 5.08. The molecule has 0 spiro atoms. The molecule has 1 aliphatic carbocycles. The van der Waals surface area contributed by atoms with Crippen molar-refractivity contribution in [2.75, 3.05) is 23.7 Å². The summed E-state index contributed by atoms with van der Waals surface area (Å²) in [7, 11) is 0. The van der Waals surface area contributed by atoms with Crippen molar-refractivity contribution in [1.82, 2.24) is 4.98 Å². The maximum absolute atomic E-state index is 9.88. The minimum absolute atomic E-state index is 0.356. The quantitative estimate of drug-likeness (QED) is 0.695. The van der Waals surface area contributed by atoms with Gasteiger partial charge in [0, 0.05) is 24.2 Å². The molecule has 4 heteroatoms. The van der Waals surface area contributed by atoms with Crippen molar-refractivity contribution in [3.63, 3.8) is 0 Å². The van der Waals surface area contributed by atoms with Crippen molar-refractivity contribution < 1.29 is 0 Å². The van der Waals surface area contributed by atoms with Crippen LogP contribution in [0.15, 0.2) is 54.6 Å². The number of pyridine rings is 1. The number of nitriles is 1. The van der Waals surface area contributed by atoms with Gasteiger partial charge in [0.05, 0.1) is 11.4 Å². The average molecular weight is 395 g/mol. The number of fused-ring (bicyclic) bond motifs is 3. The Morgan fingerprint density at radius 1 is 1.00 bits per heavy atom. The normalized spacial score (nSPS) is 15.9. The maximum atomic E-state index is 9.88. The van der Waals surface area contributed by atoms with E-state index in [1.807, 2.05) is 0 Å². The summed E-state index contributed by atoms with van der Waals surface area (Å²) in [4.78, 5) is 7.07. The molecule has 0 atom stereocenters. The standard InChI is InChI=1S/C26H26N4/c27-17-23-25(30-14-12-19(13-15-30)16-18-6-2-1-3-7-18)22-11-10-20-8-4-5-9-21(20)24(22)29-26(23)28/h1-9,19H,10-16H2,(H2,28,29). The van der Waals surface area contributed by atoms with Gasteiger partial charge in [0.15, 0.2) is 0 Å². The summed E-state index contributed by atoms with van der Waals surface area (Å²) in [6, 6.07) is 21.5. The Labute approximate surface area is 178 Å². The molecule has 1 aromatic heterocycles. The highest BCUT2D eigenvalue weighted by Crippen LogP contribution is 2.41. The zero-order valence-corrected chi connectivity index (χ0v) is 17.1. The van der Waals surface area contributed by atoms with E-state index >= 15 is 0 Å². The van der Waals surface area contributed by atoms with Crippen LogP contribution in [0.2, 0.25) is 0 Å². The summed E-state index contributed by atoms with van der Waals surface area (Å²) in [5, 5.41) is 9.88. The van der Waals surface area contributed by atoms with E-state index in [1.165, 1.54) is 16.7 Å². The number of nitrogen functional groups attached to an aromatic ring is 1. The largest absolute Gasteiger partial charge is 0.383 e. The third-order valence-electron chi connectivity index (χ3n) is 6.62. The zero-order chi connectivity index (χ0) is 20.5. The molecule has 150 valence electrons. The second-order valence-corrected chi connectivity index (χ2v) is 8.44. The van der Waals surface area contributed by atoms with Crippen LogP contribution in [0, 0.1) is 17.2 Å². The first-order valence-corrected chi connectivity index (χ1v) is 10.8. The van der Waals surface area contributed by atoms with Crippen LogP contribution in [-0.4, -0.2) is 18.1 Å². The Morgan fingerprint density at radius 2 is 1.73 bits per heavy atom. The highest BCUT2D eigenvalue weighted by molar-refractivity contribution is 5.82. The molecule has 3 aromatic rings. The lowest BCUT2D eigenvalue weighted by Crippen LogP contribution is -2.36. The van der Waals surface area contributed by atoms with Crippen LogP contribution in [0.25, 0.3) is 11.3 Å². The van der Waals surface area contributed by atoms with E-state index in [0.29, 0.717) is 17.3 Å². The molecule has 2 aromatic carbocycles. The predicted molar refractivity (Wildman–Crippen MR) is 121 cm³/mol. The molecule has 0 radical (unpaired) electrons. The second kappa shape index (κ2) is 7.84. The summed E-state index contributed by atoms with van der Waals surface area (Å²) >= 11 is 0. The third-order valence-corrected chi connectivity index (χ3v) is 6.62. The zero-order valence-electron chi connectivity index (χ0n) is 17.1. The number of piperidine rings is 1. The van der Waals surface area contributed by atoms with Crippen LogP contribution in [0.3, 0.4) is 0 Å². The molecule has 0 bridgehead atoms. The van der Waals surface area contributed by atoms with Crippen LogP contribution in [0.4, 0.5) is 11.5 Å². The van der Waals surface area contributed by atoms with Gasteiger partial charge in [0.2, 0.25) is 0 Å². The number of aryl methyl sites for hydroxylation is 1. The summed E-state index contributed by atoms with van der Waals surface area (Å²) in [5.41, 5.74) is 13.9. The van der Waals surface area contributed by atoms with Crippen molar-refractivity contribution in [3.8, 4) is 17.3 Å². The topological polar surface area (TPSA) is 65.9 Å². The highest BCUT2D eigenvalue weighted by atomic mass is 15.1. The molecule has 4 nitrogen and oxygen atoms in total. The minimum Gasteiger partial charge on any atom is -0.383 e. The Hall–Kier alpha value is -3.32. The van der Waals surface area contributed by atoms with Crippen molar-refractivity contribution in [3.05, 3.63) is 76.9 Å². The Kier molecular flexibility index (Phi) is 4.88. The van der Waals surface area contributed by atoms with Gasteiger partial charge in [-0.25, -0.2) is 4.98 Å². The average Bonchev–Trinajstić information content (AvgIpc) is 2.79. The van der Waals surface area contributed by atoms with Gasteiger partial charge in [-0.3, -0.25) is 0 Å². The molecule has 0 saturated carbocycles.